The van der Waals surface area contributed by atoms with Crippen molar-refractivity contribution < 1.29 is 0 Å². The van der Waals surface area contributed by atoms with Crippen LogP contribution in [0.1, 0.15) is 50.6 Å². The minimum Gasteiger partial charge on any atom is -0.345 e. The molecule has 1 saturated heterocycles. The van der Waals surface area contributed by atoms with Crippen LogP contribution in [0.3, 0.4) is 0 Å². The fourth-order valence-corrected chi connectivity index (χ4v) is 3.81. The van der Waals surface area contributed by atoms with Crippen LogP contribution in [0.5, 0.6) is 0 Å². The molecule has 0 aliphatic carbocycles. The molecule has 1 aliphatic heterocycles. The molecule has 1 unspecified atom stereocenters. The van der Waals surface area contributed by atoms with Crippen molar-refractivity contribution in [1.82, 2.24) is 10.3 Å². The van der Waals surface area contributed by atoms with Crippen LogP contribution >= 0.6 is 11.3 Å². The summed E-state index contributed by atoms with van der Waals surface area (Å²) in [6.45, 7) is 12.1. The van der Waals surface area contributed by atoms with Crippen LogP contribution < -0.4 is 10.2 Å². The molecule has 1 fully saturated rings. The first-order valence-electron chi connectivity index (χ1n) is 7.55. The van der Waals surface area contributed by atoms with Gasteiger partial charge in [0.15, 0.2) is 5.13 Å². The Morgan fingerprint density at radius 1 is 1.47 bits per heavy atom. The van der Waals surface area contributed by atoms with Crippen LogP contribution in [0.4, 0.5) is 5.13 Å². The fraction of sp³-hybridized carbons (Fsp3) is 0.800. The molecule has 2 heterocycles. The van der Waals surface area contributed by atoms with Gasteiger partial charge in [-0.15, -0.1) is 11.3 Å². The standard InChI is InChI=1S/C15H27N3S/c1-5-13-7-6-8-18(13)15-17-12(4)14(19-15)10-16-9-11(2)3/h11,13,16H,5-10H2,1-4H3. The molecule has 0 radical (unpaired) electrons. The molecule has 1 aromatic heterocycles. The van der Waals surface area contributed by atoms with Gasteiger partial charge in [0.1, 0.15) is 0 Å². The summed E-state index contributed by atoms with van der Waals surface area (Å²) in [6.07, 6.45) is 3.88. The molecule has 3 nitrogen and oxygen atoms in total. The molecule has 1 atom stereocenters. The molecular weight excluding hydrogens is 254 g/mol. The third kappa shape index (κ3) is 3.69. The highest BCUT2D eigenvalue weighted by molar-refractivity contribution is 7.15. The molecule has 0 spiro atoms. The maximum absolute atomic E-state index is 4.79. The second-order valence-corrected chi connectivity index (χ2v) is 6.99. The molecule has 0 amide bonds. The van der Waals surface area contributed by atoms with Crippen molar-refractivity contribution in [3.63, 3.8) is 0 Å². The molecule has 2 rings (SSSR count). The van der Waals surface area contributed by atoms with Gasteiger partial charge < -0.3 is 10.2 Å². The summed E-state index contributed by atoms with van der Waals surface area (Å²) in [6, 6.07) is 0.710. The monoisotopic (exact) mass is 281 g/mol. The summed E-state index contributed by atoms with van der Waals surface area (Å²) >= 11 is 1.88. The predicted octanol–water partition coefficient (Wildman–Crippen LogP) is 3.58. The number of aryl methyl sites for hydroxylation is 1. The lowest BCUT2D eigenvalue weighted by molar-refractivity contribution is 0.554. The number of hydrogen-bond donors (Lipinski definition) is 1. The minimum atomic E-state index is 0.704. The van der Waals surface area contributed by atoms with Crippen molar-refractivity contribution in [1.29, 1.82) is 0 Å². The van der Waals surface area contributed by atoms with Gasteiger partial charge in [-0.3, -0.25) is 0 Å². The Kier molecular flexibility index (Phi) is 5.22. The van der Waals surface area contributed by atoms with Crippen molar-refractivity contribution in [2.45, 2.75) is 59.5 Å². The first-order valence-corrected chi connectivity index (χ1v) is 8.37. The number of anilines is 1. The van der Waals surface area contributed by atoms with Gasteiger partial charge in [-0.25, -0.2) is 4.98 Å². The zero-order valence-corrected chi connectivity index (χ0v) is 13.5. The Bertz CT molecular complexity index is 400. The van der Waals surface area contributed by atoms with Crippen molar-refractivity contribution in [2.24, 2.45) is 5.92 Å². The number of nitrogens with zero attached hydrogens (tertiary/aromatic N) is 2. The molecule has 1 aromatic rings. The third-order valence-corrected chi connectivity index (χ3v) is 5.01. The molecule has 19 heavy (non-hydrogen) atoms. The smallest absolute Gasteiger partial charge is 0.186 e. The first kappa shape index (κ1) is 14.8. The minimum absolute atomic E-state index is 0.704. The van der Waals surface area contributed by atoms with Crippen LogP contribution in [0.25, 0.3) is 0 Å². The van der Waals surface area contributed by atoms with E-state index in [2.05, 4.69) is 37.9 Å². The number of hydrogen-bond acceptors (Lipinski definition) is 4. The molecule has 0 bridgehead atoms. The topological polar surface area (TPSA) is 28.2 Å². The Morgan fingerprint density at radius 3 is 2.95 bits per heavy atom. The molecule has 1 N–H and O–H groups in total. The van der Waals surface area contributed by atoms with Crippen molar-refractivity contribution in [3.8, 4) is 0 Å². The van der Waals surface area contributed by atoms with Crippen LogP contribution in [0, 0.1) is 12.8 Å². The van der Waals surface area contributed by atoms with E-state index < -0.39 is 0 Å². The Labute approximate surface area is 121 Å². The number of rotatable bonds is 6. The quantitative estimate of drug-likeness (QED) is 0.864. The van der Waals surface area contributed by atoms with Gasteiger partial charge in [-0.05, 0) is 38.6 Å². The Balaban J connectivity index is 1.99. The van der Waals surface area contributed by atoms with Crippen LogP contribution in [0.2, 0.25) is 0 Å². The summed E-state index contributed by atoms with van der Waals surface area (Å²) in [7, 11) is 0. The maximum Gasteiger partial charge on any atom is 0.186 e. The van der Waals surface area contributed by atoms with Gasteiger partial charge in [0.2, 0.25) is 0 Å². The highest BCUT2D eigenvalue weighted by Crippen LogP contribution is 2.32. The highest BCUT2D eigenvalue weighted by Gasteiger charge is 2.25. The summed E-state index contributed by atoms with van der Waals surface area (Å²) < 4.78 is 0. The summed E-state index contributed by atoms with van der Waals surface area (Å²) in [5.74, 6) is 0.704. The second-order valence-electron chi connectivity index (χ2n) is 5.93. The molecule has 4 heteroatoms. The number of thiazole rings is 1. The summed E-state index contributed by atoms with van der Waals surface area (Å²) in [4.78, 5) is 8.71. The number of nitrogens with one attached hydrogen (secondary N) is 1. The Hall–Kier alpha value is -0.610. The zero-order chi connectivity index (χ0) is 13.8. The fourth-order valence-electron chi connectivity index (χ4n) is 2.69. The predicted molar refractivity (Wildman–Crippen MR) is 84.1 cm³/mol. The van der Waals surface area contributed by atoms with Crippen LogP contribution in [0.15, 0.2) is 0 Å². The lowest BCUT2D eigenvalue weighted by atomic mass is 10.2. The average Bonchev–Trinajstić information content (AvgIpc) is 2.95. The maximum atomic E-state index is 4.79. The van der Waals surface area contributed by atoms with E-state index in [1.165, 1.54) is 41.5 Å². The SMILES string of the molecule is CCC1CCCN1c1nc(C)c(CNCC(C)C)s1. The number of aromatic nitrogens is 1. The van der Waals surface area contributed by atoms with E-state index in [1.807, 2.05) is 11.3 Å². The third-order valence-electron chi connectivity index (χ3n) is 3.81. The molecule has 108 valence electrons. The van der Waals surface area contributed by atoms with E-state index in [-0.39, 0.29) is 0 Å². The van der Waals surface area contributed by atoms with Crippen LogP contribution in [-0.2, 0) is 6.54 Å². The second kappa shape index (κ2) is 6.71. The molecule has 0 aromatic carbocycles. The van der Waals surface area contributed by atoms with Crippen molar-refractivity contribution in [3.05, 3.63) is 10.6 Å². The molecule has 0 saturated carbocycles. The molecular formula is C15H27N3S. The Morgan fingerprint density at radius 2 is 2.26 bits per heavy atom. The van der Waals surface area contributed by atoms with Crippen LogP contribution in [-0.4, -0.2) is 24.1 Å². The van der Waals surface area contributed by atoms with Gasteiger partial charge in [-0.2, -0.15) is 0 Å². The summed E-state index contributed by atoms with van der Waals surface area (Å²) in [5.41, 5.74) is 1.21. The summed E-state index contributed by atoms with van der Waals surface area (Å²) in [5, 5.41) is 4.76. The van der Waals surface area contributed by atoms with Gasteiger partial charge in [0, 0.05) is 24.0 Å². The van der Waals surface area contributed by atoms with Crippen molar-refractivity contribution >= 4 is 16.5 Å². The van der Waals surface area contributed by atoms with E-state index in [1.54, 1.807) is 0 Å². The average molecular weight is 281 g/mol. The van der Waals surface area contributed by atoms with Gasteiger partial charge in [0.25, 0.3) is 0 Å². The first-order chi connectivity index (χ1) is 9.11. The largest absolute Gasteiger partial charge is 0.345 e. The van der Waals surface area contributed by atoms with Gasteiger partial charge >= 0.3 is 0 Å². The van der Waals surface area contributed by atoms with Gasteiger partial charge in [0.05, 0.1) is 5.69 Å². The highest BCUT2D eigenvalue weighted by atomic mass is 32.1. The lowest BCUT2D eigenvalue weighted by Gasteiger charge is -2.22. The molecule has 1 aliphatic rings. The van der Waals surface area contributed by atoms with E-state index >= 15 is 0 Å². The van der Waals surface area contributed by atoms with E-state index in [0.717, 1.165) is 13.1 Å². The lowest BCUT2D eigenvalue weighted by Crippen LogP contribution is -2.28. The van der Waals surface area contributed by atoms with Crippen molar-refractivity contribution in [2.75, 3.05) is 18.0 Å². The van der Waals surface area contributed by atoms with E-state index in [4.69, 9.17) is 4.98 Å². The normalized spacial score (nSPS) is 19.6. The zero-order valence-electron chi connectivity index (χ0n) is 12.7. The van der Waals surface area contributed by atoms with Gasteiger partial charge in [-0.1, -0.05) is 20.8 Å². The van der Waals surface area contributed by atoms with E-state index in [9.17, 15) is 0 Å². The van der Waals surface area contributed by atoms with E-state index in [0.29, 0.717) is 12.0 Å².